The molecule has 3 rings (SSSR count). The third kappa shape index (κ3) is 4.71. The van der Waals surface area contributed by atoms with E-state index in [-0.39, 0.29) is 17.4 Å². The normalized spacial score (nSPS) is 11.9. The lowest BCUT2D eigenvalue weighted by atomic mass is 10.1. The minimum atomic E-state index is -0.479. The smallest absolute Gasteiger partial charge is 0.273 e. The molecule has 0 aliphatic rings. The monoisotopic (exact) mass is 415 g/mol. The molecular weight excluding hydrogens is 398 g/mol. The average Bonchev–Trinajstić information content (AvgIpc) is 3.13. The minimum absolute atomic E-state index is 0.193. The fraction of sp³-hybridized carbons (Fsp3) is 0.158. The number of aromatic hydroxyl groups is 1. The third-order valence-corrected chi connectivity index (χ3v) is 4.36. The van der Waals surface area contributed by atoms with E-state index in [4.69, 9.17) is 10.2 Å². The highest BCUT2D eigenvalue weighted by Gasteiger charge is 2.17. The largest absolute Gasteiger partial charge is 0.508 e. The van der Waals surface area contributed by atoms with Crippen molar-refractivity contribution >= 4 is 21.8 Å². The third-order valence-electron chi connectivity index (χ3n) is 3.83. The Kier molecular flexibility index (Phi) is 5.70. The molecular formula is C19H18BrN3O3. The summed E-state index contributed by atoms with van der Waals surface area (Å²) in [6.07, 6.45) is 1.80. The second-order valence-corrected chi connectivity index (χ2v) is 6.77. The van der Waals surface area contributed by atoms with Gasteiger partial charge in [-0.15, -0.1) is 0 Å². The van der Waals surface area contributed by atoms with Gasteiger partial charge in [0, 0.05) is 11.0 Å². The number of nitrogens with zero attached hydrogens (tertiary/aromatic N) is 1. The first-order valence-corrected chi connectivity index (χ1v) is 8.82. The number of rotatable bonds is 6. The number of carbonyl (C=O) groups excluding carboxylic acids is 1. The molecule has 1 heterocycles. The van der Waals surface area contributed by atoms with Crippen LogP contribution < -0.4 is 11.1 Å². The van der Waals surface area contributed by atoms with Gasteiger partial charge in [-0.25, -0.2) is 4.98 Å². The summed E-state index contributed by atoms with van der Waals surface area (Å²) in [5, 5.41) is 12.1. The van der Waals surface area contributed by atoms with Crippen LogP contribution in [0.4, 0.5) is 0 Å². The van der Waals surface area contributed by atoms with Gasteiger partial charge in [0.25, 0.3) is 5.91 Å². The number of nitrogens with one attached hydrogen (secondary N) is 1. The standard InChI is InChI=1S/C19H18BrN3O3/c20-14-5-1-13(2-6-14)10-22-18(25)17-11-26-19(23-17)16(21)9-12-3-7-15(24)8-4-12/h1-8,11,16,24H,9-10,21H2,(H,22,25). The zero-order valence-electron chi connectivity index (χ0n) is 13.9. The number of oxazole rings is 1. The maximum atomic E-state index is 12.2. The number of aromatic nitrogens is 1. The Morgan fingerprint density at radius 1 is 1.15 bits per heavy atom. The number of halogens is 1. The van der Waals surface area contributed by atoms with Crippen LogP contribution in [0.5, 0.6) is 5.75 Å². The molecule has 0 spiro atoms. The molecule has 0 saturated carbocycles. The molecule has 0 bridgehead atoms. The Labute approximate surface area is 159 Å². The molecule has 1 atom stereocenters. The number of hydrogen-bond acceptors (Lipinski definition) is 5. The molecule has 1 aromatic heterocycles. The zero-order chi connectivity index (χ0) is 18.5. The van der Waals surface area contributed by atoms with E-state index >= 15 is 0 Å². The van der Waals surface area contributed by atoms with Crippen molar-refractivity contribution in [2.24, 2.45) is 5.73 Å². The first-order chi connectivity index (χ1) is 12.5. The summed E-state index contributed by atoms with van der Waals surface area (Å²) in [6, 6.07) is 14.0. The fourth-order valence-electron chi connectivity index (χ4n) is 2.41. The molecule has 2 aromatic carbocycles. The number of carbonyl (C=O) groups is 1. The van der Waals surface area contributed by atoms with E-state index in [0.29, 0.717) is 18.9 Å². The van der Waals surface area contributed by atoms with Crippen LogP contribution in [-0.4, -0.2) is 16.0 Å². The second-order valence-electron chi connectivity index (χ2n) is 5.86. The van der Waals surface area contributed by atoms with E-state index in [0.717, 1.165) is 15.6 Å². The molecule has 0 aliphatic heterocycles. The van der Waals surface area contributed by atoms with Crippen molar-refractivity contribution in [3.63, 3.8) is 0 Å². The molecule has 4 N–H and O–H groups in total. The summed E-state index contributed by atoms with van der Waals surface area (Å²) >= 11 is 3.37. The lowest BCUT2D eigenvalue weighted by Crippen LogP contribution is -2.23. The molecule has 6 nitrogen and oxygen atoms in total. The van der Waals surface area contributed by atoms with Crippen molar-refractivity contribution < 1.29 is 14.3 Å². The van der Waals surface area contributed by atoms with Gasteiger partial charge in [0.2, 0.25) is 5.89 Å². The molecule has 26 heavy (non-hydrogen) atoms. The minimum Gasteiger partial charge on any atom is -0.508 e. The number of nitrogens with two attached hydrogens (primary N) is 1. The molecule has 1 unspecified atom stereocenters. The SMILES string of the molecule is NC(Cc1ccc(O)cc1)c1nc(C(=O)NCc2ccc(Br)cc2)co1. The van der Waals surface area contributed by atoms with Crippen LogP contribution >= 0.6 is 15.9 Å². The molecule has 0 aliphatic carbocycles. The van der Waals surface area contributed by atoms with Gasteiger partial charge in [-0.2, -0.15) is 0 Å². The van der Waals surface area contributed by atoms with Gasteiger partial charge in [-0.1, -0.05) is 40.2 Å². The van der Waals surface area contributed by atoms with Crippen LogP contribution in [0.15, 0.2) is 63.7 Å². The van der Waals surface area contributed by atoms with E-state index in [9.17, 15) is 9.90 Å². The number of phenols is 1. The Hall–Kier alpha value is -2.64. The van der Waals surface area contributed by atoms with Crippen LogP contribution in [-0.2, 0) is 13.0 Å². The lowest BCUT2D eigenvalue weighted by molar-refractivity contribution is 0.0946. The van der Waals surface area contributed by atoms with Crippen molar-refractivity contribution in [3.8, 4) is 5.75 Å². The van der Waals surface area contributed by atoms with E-state index in [1.54, 1.807) is 24.3 Å². The van der Waals surface area contributed by atoms with Crippen LogP contribution in [0.3, 0.4) is 0 Å². The van der Waals surface area contributed by atoms with Gasteiger partial charge >= 0.3 is 0 Å². The van der Waals surface area contributed by atoms with Crippen LogP contribution in [0.1, 0.15) is 33.5 Å². The van der Waals surface area contributed by atoms with E-state index in [2.05, 4.69) is 26.2 Å². The van der Waals surface area contributed by atoms with Gasteiger partial charge in [-0.3, -0.25) is 4.79 Å². The lowest BCUT2D eigenvalue weighted by Gasteiger charge is -2.07. The first-order valence-electron chi connectivity index (χ1n) is 8.03. The summed E-state index contributed by atoms with van der Waals surface area (Å²) in [6.45, 7) is 0.397. The van der Waals surface area contributed by atoms with E-state index in [1.807, 2.05) is 24.3 Å². The summed E-state index contributed by atoms with van der Waals surface area (Å²) in [4.78, 5) is 16.4. The molecule has 7 heteroatoms. The van der Waals surface area contributed by atoms with Crippen molar-refractivity contribution in [1.29, 1.82) is 0 Å². The molecule has 3 aromatic rings. The average molecular weight is 416 g/mol. The van der Waals surface area contributed by atoms with Crippen molar-refractivity contribution in [2.45, 2.75) is 19.0 Å². The highest BCUT2D eigenvalue weighted by Crippen LogP contribution is 2.18. The van der Waals surface area contributed by atoms with Gasteiger partial charge in [0.15, 0.2) is 5.69 Å². The zero-order valence-corrected chi connectivity index (χ0v) is 15.4. The summed E-state index contributed by atoms with van der Waals surface area (Å²) < 4.78 is 6.34. The first kappa shape index (κ1) is 18.2. The van der Waals surface area contributed by atoms with Crippen LogP contribution in [0.25, 0.3) is 0 Å². The van der Waals surface area contributed by atoms with Gasteiger partial charge < -0.3 is 20.6 Å². The summed E-state index contributed by atoms with van der Waals surface area (Å²) in [7, 11) is 0. The van der Waals surface area contributed by atoms with Gasteiger partial charge in [-0.05, 0) is 41.8 Å². The predicted octanol–water partition coefficient (Wildman–Crippen LogP) is 3.32. The Morgan fingerprint density at radius 2 is 1.81 bits per heavy atom. The van der Waals surface area contributed by atoms with Gasteiger partial charge in [0.05, 0.1) is 6.04 Å². The Morgan fingerprint density at radius 3 is 2.50 bits per heavy atom. The van der Waals surface area contributed by atoms with Crippen molar-refractivity contribution in [2.75, 3.05) is 0 Å². The predicted molar refractivity (Wildman–Crippen MR) is 101 cm³/mol. The number of hydrogen-bond donors (Lipinski definition) is 3. The van der Waals surface area contributed by atoms with Crippen LogP contribution in [0.2, 0.25) is 0 Å². The maximum absolute atomic E-state index is 12.2. The molecule has 0 fully saturated rings. The number of amides is 1. The number of benzene rings is 2. The molecule has 134 valence electrons. The number of phenolic OH excluding ortho intramolecular Hbond substituents is 1. The van der Waals surface area contributed by atoms with Crippen molar-refractivity contribution in [3.05, 3.63) is 82.0 Å². The Bertz CT molecular complexity index is 876. The van der Waals surface area contributed by atoms with Gasteiger partial charge in [0.1, 0.15) is 12.0 Å². The van der Waals surface area contributed by atoms with Crippen molar-refractivity contribution in [1.82, 2.24) is 10.3 Å². The molecule has 1 amide bonds. The highest BCUT2D eigenvalue weighted by atomic mass is 79.9. The fourth-order valence-corrected chi connectivity index (χ4v) is 2.67. The second kappa shape index (κ2) is 8.16. The quantitative estimate of drug-likeness (QED) is 0.572. The summed E-state index contributed by atoms with van der Waals surface area (Å²) in [5.41, 5.74) is 8.22. The van der Waals surface area contributed by atoms with E-state index in [1.165, 1.54) is 6.26 Å². The van der Waals surface area contributed by atoms with E-state index < -0.39 is 6.04 Å². The molecule has 0 saturated heterocycles. The maximum Gasteiger partial charge on any atom is 0.273 e. The molecule has 0 radical (unpaired) electrons. The Balaban J connectivity index is 1.58. The summed E-state index contributed by atoms with van der Waals surface area (Å²) in [5.74, 6) is 0.176. The topological polar surface area (TPSA) is 101 Å². The highest BCUT2D eigenvalue weighted by molar-refractivity contribution is 9.10. The van der Waals surface area contributed by atoms with Crippen LogP contribution in [0, 0.1) is 0 Å².